The summed E-state index contributed by atoms with van der Waals surface area (Å²) in [5.74, 6) is 0.983. The first-order valence-corrected chi connectivity index (χ1v) is 7.22. The maximum Gasteiger partial charge on any atom is 0.137 e. The minimum absolute atomic E-state index is 0.121. The van der Waals surface area contributed by atoms with Crippen LogP contribution in [0.15, 0.2) is 22.7 Å². The van der Waals surface area contributed by atoms with Crippen LogP contribution in [0.4, 0.5) is 4.39 Å². The third-order valence-corrected chi connectivity index (χ3v) is 5.61. The van der Waals surface area contributed by atoms with Gasteiger partial charge in [0.25, 0.3) is 0 Å². The molecule has 2 N–H and O–H groups in total. The molecule has 1 aromatic rings. The molecule has 1 heterocycles. The van der Waals surface area contributed by atoms with Gasteiger partial charge in [0.1, 0.15) is 5.82 Å². The van der Waals surface area contributed by atoms with Crippen LogP contribution >= 0.6 is 27.7 Å². The molecule has 1 fully saturated rings. The van der Waals surface area contributed by atoms with E-state index in [4.69, 9.17) is 5.73 Å². The molecule has 88 valence electrons. The molecule has 0 saturated carbocycles. The molecule has 1 aliphatic rings. The van der Waals surface area contributed by atoms with Crippen LogP contribution in [-0.2, 0) is 6.42 Å². The fourth-order valence-electron chi connectivity index (χ4n) is 2.16. The molecule has 16 heavy (non-hydrogen) atoms. The van der Waals surface area contributed by atoms with Crippen molar-refractivity contribution in [1.29, 1.82) is 0 Å². The molecule has 2 rings (SSSR count). The molecule has 0 radical (unpaired) electrons. The summed E-state index contributed by atoms with van der Waals surface area (Å²) in [5.41, 5.74) is 6.90. The number of thioether (sulfide) groups is 1. The van der Waals surface area contributed by atoms with E-state index in [9.17, 15) is 4.39 Å². The van der Waals surface area contributed by atoms with Crippen LogP contribution in [0, 0.1) is 5.82 Å². The van der Waals surface area contributed by atoms with E-state index in [1.807, 2.05) is 17.8 Å². The Morgan fingerprint density at radius 1 is 1.50 bits per heavy atom. The summed E-state index contributed by atoms with van der Waals surface area (Å²) < 4.78 is 14.1. The SMILES string of the molecule is NCC1(Cc2cccc(F)c2Br)CCCS1. The van der Waals surface area contributed by atoms with Crippen LogP contribution in [0.5, 0.6) is 0 Å². The van der Waals surface area contributed by atoms with Crippen molar-refractivity contribution in [3.8, 4) is 0 Å². The van der Waals surface area contributed by atoms with Gasteiger partial charge in [-0.3, -0.25) is 0 Å². The van der Waals surface area contributed by atoms with Gasteiger partial charge in [0, 0.05) is 11.3 Å². The lowest BCUT2D eigenvalue weighted by atomic mass is 9.94. The molecule has 0 aliphatic carbocycles. The smallest absolute Gasteiger partial charge is 0.137 e. The van der Waals surface area contributed by atoms with Crippen molar-refractivity contribution < 1.29 is 4.39 Å². The van der Waals surface area contributed by atoms with Crippen molar-refractivity contribution in [2.24, 2.45) is 5.73 Å². The zero-order valence-corrected chi connectivity index (χ0v) is 11.4. The summed E-state index contributed by atoms with van der Waals surface area (Å²) >= 11 is 5.25. The monoisotopic (exact) mass is 303 g/mol. The minimum Gasteiger partial charge on any atom is -0.329 e. The van der Waals surface area contributed by atoms with Crippen molar-refractivity contribution in [2.75, 3.05) is 12.3 Å². The van der Waals surface area contributed by atoms with Crippen molar-refractivity contribution in [3.05, 3.63) is 34.1 Å². The first-order chi connectivity index (χ1) is 7.67. The first-order valence-electron chi connectivity index (χ1n) is 5.44. The van der Waals surface area contributed by atoms with Crippen molar-refractivity contribution >= 4 is 27.7 Å². The van der Waals surface area contributed by atoms with Gasteiger partial charge < -0.3 is 5.73 Å². The highest BCUT2D eigenvalue weighted by atomic mass is 79.9. The van der Waals surface area contributed by atoms with Crippen molar-refractivity contribution in [2.45, 2.75) is 24.0 Å². The lowest BCUT2D eigenvalue weighted by molar-refractivity contribution is 0.558. The van der Waals surface area contributed by atoms with Crippen LogP contribution < -0.4 is 5.73 Å². The summed E-state index contributed by atoms with van der Waals surface area (Å²) in [6.45, 7) is 0.667. The Bertz CT molecular complexity index is 377. The number of halogens is 2. The average molecular weight is 304 g/mol. The van der Waals surface area contributed by atoms with Gasteiger partial charge in [-0.05, 0) is 52.6 Å². The predicted octanol–water partition coefficient (Wildman–Crippen LogP) is 3.36. The van der Waals surface area contributed by atoms with Crippen molar-refractivity contribution in [3.63, 3.8) is 0 Å². The highest BCUT2D eigenvalue weighted by Crippen LogP contribution is 2.41. The van der Waals surface area contributed by atoms with Gasteiger partial charge in [-0.25, -0.2) is 4.39 Å². The second kappa shape index (κ2) is 5.07. The van der Waals surface area contributed by atoms with Gasteiger partial charge in [0.15, 0.2) is 0 Å². The summed E-state index contributed by atoms with van der Waals surface area (Å²) in [6, 6.07) is 5.22. The highest BCUT2D eigenvalue weighted by Gasteiger charge is 2.34. The quantitative estimate of drug-likeness (QED) is 0.926. The average Bonchev–Trinajstić information content (AvgIpc) is 2.74. The Morgan fingerprint density at radius 2 is 2.31 bits per heavy atom. The van der Waals surface area contributed by atoms with Crippen LogP contribution in [0.2, 0.25) is 0 Å². The molecule has 0 aromatic heterocycles. The molecular weight excluding hydrogens is 289 g/mol. The summed E-state index contributed by atoms with van der Waals surface area (Å²) in [7, 11) is 0. The molecule has 0 spiro atoms. The number of hydrogen-bond donors (Lipinski definition) is 1. The van der Waals surface area contributed by atoms with E-state index >= 15 is 0 Å². The van der Waals surface area contributed by atoms with Crippen LogP contribution in [0.3, 0.4) is 0 Å². The third kappa shape index (κ3) is 2.44. The first kappa shape index (κ1) is 12.4. The zero-order valence-electron chi connectivity index (χ0n) is 9.01. The van der Waals surface area contributed by atoms with E-state index in [0.29, 0.717) is 11.0 Å². The Morgan fingerprint density at radius 3 is 2.94 bits per heavy atom. The normalized spacial score (nSPS) is 24.9. The van der Waals surface area contributed by atoms with Crippen LogP contribution in [-0.4, -0.2) is 17.0 Å². The van der Waals surface area contributed by atoms with Gasteiger partial charge in [0.05, 0.1) is 4.47 Å². The maximum atomic E-state index is 13.4. The van der Waals surface area contributed by atoms with E-state index in [0.717, 1.165) is 18.4 Å². The van der Waals surface area contributed by atoms with Gasteiger partial charge in [-0.1, -0.05) is 12.1 Å². The number of hydrogen-bond acceptors (Lipinski definition) is 2. The third-order valence-electron chi connectivity index (χ3n) is 3.10. The van der Waals surface area contributed by atoms with Crippen LogP contribution in [0.25, 0.3) is 0 Å². The summed E-state index contributed by atoms with van der Waals surface area (Å²) in [6.07, 6.45) is 3.21. The lowest BCUT2D eigenvalue weighted by Gasteiger charge is -2.26. The number of rotatable bonds is 3. The molecule has 4 heteroatoms. The standard InChI is InChI=1S/C12H15BrFNS/c13-11-9(3-1-4-10(11)14)7-12(8-15)5-2-6-16-12/h1,3-4H,2,5-8,15H2. The van der Waals surface area contributed by atoms with E-state index in [-0.39, 0.29) is 10.6 Å². The van der Waals surface area contributed by atoms with Crippen molar-refractivity contribution in [1.82, 2.24) is 0 Å². The Balaban J connectivity index is 2.22. The summed E-state index contributed by atoms with van der Waals surface area (Å²) in [4.78, 5) is 0. The molecule has 1 unspecified atom stereocenters. The molecule has 1 nitrogen and oxygen atoms in total. The molecular formula is C12H15BrFNS. The number of nitrogens with two attached hydrogens (primary N) is 1. The molecule has 0 amide bonds. The Hall–Kier alpha value is -0.0600. The van der Waals surface area contributed by atoms with Gasteiger partial charge >= 0.3 is 0 Å². The van der Waals surface area contributed by atoms with Gasteiger partial charge in [0.2, 0.25) is 0 Å². The fraction of sp³-hybridized carbons (Fsp3) is 0.500. The zero-order chi connectivity index (χ0) is 11.6. The fourth-order valence-corrected chi connectivity index (χ4v) is 3.95. The Labute approximate surface area is 108 Å². The van der Waals surface area contributed by atoms with Crippen LogP contribution in [0.1, 0.15) is 18.4 Å². The van der Waals surface area contributed by atoms with E-state index in [2.05, 4.69) is 15.9 Å². The van der Waals surface area contributed by atoms with E-state index in [1.165, 1.54) is 18.2 Å². The molecule has 1 aromatic carbocycles. The van der Waals surface area contributed by atoms with E-state index in [1.54, 1.807) is 6.07 Å². The Kier molecular flexibility index (Phi) is 3.93. The minimum atomic E-state index is -0.187. The molecule has 1 atom stereocenters. The number of benzene rings is 1. The summed E-state index contributed by atoms with van der Waals surface area (Å²) in [5, 5.41) is 0. The lowest BCUT2D eigenvalue weighted by Crippen LogP contribution is -2.34. The highest BCUT2D eigenvalue weighted by molar-refractivity contribution is 9.10. The molecule has 1 aliphatic heterocycles. The van der Waals surface area contributed by atoms with Gasteiger partial charge in [-0.2, -0.15) is 11.8 Å². The second-order valence-electron chi connectivity index (χ2n) is 4.23. The molecule has 0 bridgehead atoms. The predicted molar refractivity (Wildman–Crippen MR) is 71.3 cm³/mol. The maximum absolute atomic E-state index is 13.4. The topological polar surface area (TPSA) is 26.0 Å². The van der Waals surface area contributed by atoms with Gasteiger partial charge in [-0.15, -0.1) is 0 Å². The largest absolute Gasteiger partial charge is 0.329 e. The second-order valence-corrected chi connectivity index (χ2v) is 6.58. The molecule has 1 saturated heterocycles. The van der Waals surface area contributed by atoms with E-state index < -0.39 is 0 Å².